The summed E-state index contributed by atoms with van der Waals surface area (Å²) >= 11 is 0. The topological polar surface area (TPSA) is 112 Å². The van der Waals surface area contributed by atoms with Crippen LogP contribution in [0.3, 0.4) is 0 Å². The minimum Gasteiger partial charge on any atom is -0.342 e. The van der Waals surface area contributed by atoms with Gasteiger partial charge in [0.25, 0.3) is 0 Å². The number of nitrogens with one attached hydrogen (secondary N) is 1. The van der Waals surface area contributed by atoms with Gasteiger partial charge in [-0.3, -0.25) is 0 Å². The lowest BCUT2D eigenvalue weighted by molar-refractivity contribution is -0.654. The van der Waals surface area contributed by atoms with Gasteiger partial charge < -0.3 is 10.7 Å². The highest BCUT2D eigenvalue weighted by Crippen LogP contribution is 2.52. The molecule has 0 saturated heterocycles. The van der Waals surface area contributed by atoms with Crippen LogP contribution >= 0.6 is 0 Å². The van der Waals surface area contributed by atoms with Gasteiger partial charge in [-0.05, 0) is 23.3 Å². The van der Waals surface area contributed by atoms with E-state index in [4.69, 9.17) is 5.41 Å². The van der Waals surface area contributed by atoms with Crippen LogP contribution in [0.1, 0.15) is 11.5 Å². The average Bonchev–Trinajstić information content (AvgIpc) is 2.62. The third-order valence-corrected chi connectivity index (χ3v) is 5.01. The monoisotopic (exact) mass is 320 g/mol. The van der Waals surface area contributed by atoms with E-state index in [1.165, 1.54) is 6.07 Å². The molecule has 5 nitrogen and oxygen atoms in total. The van der Waals surface area contributed by atoms with Gasteiger partial charge in [0, 0.05) is 11.8 Å². The Morgan fingerprint density at radius 1 is 1.21 bits per heavy atom. The maximum Gasteiger partial charge on any atom is 0.190 e. The quantitative estimate of drug-likeness (QED) is 0.759. The highest BCUT2D eigenvalue weighted by atomic mass is 19.1. The van der Waals surface area contributed by atoms with Crippen molar-refractivity contribution in [1.29, 1.82) is 21.2 Å². The number of hydrogen-bond donors (Lipinski definition) is 2. The second kappa shape index (κ2) is 5.89. The Morgan fingerprint density at radius 2 is 1.92 bits per heavy atom. The fourth-order valence-electron chi connectivity index (χ4n) is 3.91. The van der Waals surface area contributed by atoms with Crippen molar-refractivity contribution in [2.45, 2.75) is 5.92 Å². The summed E-state index contributed by atoms with van der Waals surface area (Å²) in [5.41, 5.74) is -1.09. The van der Waals surface area contributed by atoms with Crippen molar-refractivity contribution in [2.75, 3.05) is 13.1 Å². The van der Waals surface area contributed by atoms with Gasteiger partial charge in [-0.15, -0.1) is 0 Å². The number of rotatable bonds is 1. The summed E-state index contributed by atoms with van der Waals surface area (Å²) in [6.45, 7) is 1.23. The molecule has 3 rings (SSSR count). The van der Waals surface area contributed by atoms with Crippen LogP contribution in [0.4, 0.5) is 4.39 Å². The van der Waals surface area contributed by atoms with E-state index in [-0.39, 0.29) is 17.2 Å². The Bertz CT molecular complexity index is 837. The molecule has 3 N–H and O–H groups in total. The zero-order valence-corrected chi connectivity index (χ0v) is 12.8. The van der Waals surface area contributed by atoms with E-state index in [0.29, 0.717) is 13.1 Å². The number of quaternary nitrogens is 1. The summed E-state index contributed by atoms with van der Waals surface area (Å²) in [6.07, 6.45) is 1.88. The maximum absolute atomic E-state index is 14.5. The number of nitrogens with zero attached hydrogens (tertiary/aromatic N) is 3. The largest absolute Gasteiger partial charge is 0.342 e. The third kappa shape index (κ3) is 2.03. The summed E-state index contributed by atoms with van der Waals surface area (Å²) in [5, 5.41) is 39.4. The van der Waals surface area contributed by atoms with Gasteiger partial charge in [0.2, 0.25) is 0 Å². The van der Waals surface area contributed by atoms with Crippen molar-refractivity contribution in [1.82, 2.24) is 0 Å². The molecule has 0 radical (unpaired) electrons. The Balaban J connectivity index is 2.29. The number of hydrogen-bond acceptors (Lipinski definition) is 4. The lowest BCUT2D eigenvalue weighted by Crippen LogP contribution is -2.87. The Morgan fingerprint density at radius 3 is 2.54 bits per heavy atom. The average molecular weight is 320 g/mol. The van der Waals surface area contributed by atoms with E-state index in [9.17, 15) is 20.2 Å². The molecule has 0 spiro atoms. The molecule has 1 fully saturated rings. The first-order valence-electron chi connectivity index (χ1n) is 7.67. The van der Waals surface area contributed by atoms with E-state index in [0.717, 1.165) is 5.57 Å². The molecule has 1 aromatic carbocycles. The van der Waals surface area contributed by atoms with Gasteiger partial charge in [0.05, 0.1) is 37.0 Å². The second-order valence-corrected chi connectivity index (χ2v) is 6.08. The number of benzene rings is 1. The molecular weight excluding hydrogens is 305 g/mol. The first-order chi connectivity index (χ1) is 11.6. The molecule has 6 heteroatoms. The zero-order valence-electron chi connectivity index (χ0n) is 12.8. The van der Waals surface area contributed by atoms with Crippen LogP contribution in [0.15, 0.2) is 35.9 Å². The summed E-state index contributed by atoms with van der Waals surface area (Å²) in [4.78, 5) is 0. The maximum atomic E-state index is 14.5. The number of nitrogens with two attached hydrogens (primary N) is 1. The molecule has 0 aromatic heterocycles. The number of halogens is 1. The Hall–Kier alpha value is -3.01. The third-order valence-electron chi connectivity index (χ3n) is 5.01. The standard InChI is InChI=1S/C18H14FN5/c19-15-4-2-1-3-12(15)16-14-8-24-6-5-11(14)13(7-20)17(23)18(16,9-21)10-22/h1-5,13-14,16,23-24H,6,8H2/p+1/t13-,14-,16-/m0/s1. The van der Waals surface area contributed by atoms with Crippen LogP contribution in [0.25, 0.3) is 0 Å². The Kier molecular flexibility index (Phi) is 3.89. The van der Waals surface area contributed by atoms with Gasteiger partial charge >= 0.3 is 0 Å². The minimum atomic E-state index is -1.84. The van der Waals surface area contributed by atoms with E-state index < -0.39 is 23.1 Å². The molecule has 1 aliphatic carbocycles. The summed E-state index contributed by atoms with van der Waals surface area (Å²) in [7, 11) is 0. The first kappa shape index (κ1) is 15.9. The van der Waals surface area contributed by atoms with Crippen molar-refractivity contribution in [3.63, 3.8) is 0 Å². The van der Waals surface area contributed by atoms with Crippen molar-refractivity contribution in [3.8, 4) is 18.2 Å². The highest BCUT2D eigenvalue weighted by molar-refractivity contribution is 6.00. The molecule has 3 atom stereocenters. The van der Waals surface area contributed by atoms with Crippen molar-refractivity contribution >= 4 is 5.71 Å². The molecular formula is C18H15FN5+. The smallest absolute Gasteiger partial charge is 0.190 e. The van der Waals surface area contributed by atoms with Gasteiger partial charge in [-0.25, -0.2) is 4.39 Å². The lowest BCUT2D eigenvalue weighted by Gasteiger charge is -2.44. The Labute approximate surface area is 139 Å². The molecule has 1 saturated carbocycles. The van der Waals surface area contributed by atoms with Gasteiger partial charge in [0.1, 0.15) is 11.7 Å². The summed E-state index contributed by atoms with van der Waals surface area (Å²) < 4.78 is 14.5. The van der Waals surface area contributed by atoms with Crippen LogP contribution in [0.2, 0.25) is 0 Å². The molecule has 24 heavy (non-hydrogen) atoms. The van der Waals surface area contributed by atoms with Crippen molar-refractivity contribution in [3.05, 3.63) is 47.3 Å². The molecule has 1 heterocycles. The molecule has 2 aliphatic rings. The van der Waals surface area contributed by atoms with E-state index in [2.05, 4.69) is 6.07 Å². The van der Waals surface area contributed by atoms with Crippen LogP contribution in [0.5, 0.6) is 0 Å². The van der Waals surface area contributed by atoms with Crippen molar-refractivity contribution < 1.29 is 9.71 Å². The van der Waals surface area contributed by atoms with Crippen molar-refractivity contribution in [2.24, 2.45) is 17.3 Å². The molecule has 1 aliphatic heterocycles. The van der Waals surface area contributed by atoms with Gasteiger partial charge in [0.15, 0.2) is 5.41 Å². The number of nitriles is 3. The summed E-state index contributed by atoms with van der Waals surface area (Å²) in [6, 6.07) is 12.0. The second-order valence-electron chi connectivity index (χ2n) is 6.08. The van der Waals surface area contributed by atoms with Crippen LogP contribution in [-0.2, 0) is 0 Å². The fraction of sp³-hybridized carbons (Fsp3) is 0.333. The zero-order chi connectivity index (χ0) is 17.3. The van der Waals surface area contributed by atoms with Crippen LogP contribution in [0, 0.1) is 62.5 Å². The SMILES string of the molecule is N#C[C@@H]1C(=N)C(C#N)(C#N)[C@@H](c2ccccc2F)[C@H]2C[NH2+]CC=C12. The van der Waals surface area contributed by atoms with Gasteiger partial charge in [-0.2, -0.15) is 15.8 Å². The van der Waals surface area contributed by atoms with E-state index >= 15 is 0 Å². The first-order valence-corrected chi connectivity index (χ1v) is 7.67. The summed E-state index contributed by atoms with van der Waals surface area (Å²) in [5.74, 6) is -2.51. The number of fused-ring (bicyclic) bond motifs is 1. The lowest BCUT2D eigenvalue weighted by atomic mass is 9.54. The van der Waals surface area contributed by atoms with E-state index in [1.807, 2.05) is 23.5 Å². The molecule has 0 amide bonds. The molecule has 1 aromatic rings. The fourth-order valence-corrected chi connectivity index (χ4v) is 3.91. The predicted molar refractivity (Wildman–Crippen MR) is 82.9 cm³/mol. The molecule has 118 valence electrons. The van der Waals surface area contributed by atoms with Gasteiger partial charge in [-0.1, -0.05) is 18.2 Å². The van der Waals surface area contributed by atoms with Crippen LogP contribution < -0.4 is 5.32 Å². The predicted octanol–water partition coefficient (Wildman–Crippen LogP) is 1.24. The van der Waals surface area contributed by atoms with E-state index in [1.54, 1.807) is 18.2 Å². The normalized spacial score (nSPS) is 27.8. The minimum absolute atomic E-state index is 0.243. The van der Waals surface area contributed by atoms with Crippen LogP contribution in [-0.4, -0.2) is 18.8 Å². The highest BCUT2D eigenvalue weighted by Gasteiger charge is 2.58. The molecule has 0 bridgehead atoms. The molecule has 0 unspecified atom stereocenters.